The number of rotatable bonds is 2. The number of hydrogen-bond acceptors (Lipinski definition) is 4. The molecule has 0 amide bonds. The number of nitrogens with one attached hydrogen (secondary N) is 2. The van der Waals surface area contributed by atoms with Crippen LogP contribution in [0.2, 0.25) is 0 Å². The molecule has 0 aromatic heterocycles. The second-order valence-electron chi connectivity index (χ2n) is 5.28. The maximum Gasteiger partial charge on any atom is 0.191 e. The average Bonchev–Trinajstić information content (AvgIpc) is 2.32. The maximum absolute atomic E-state index is 10.1. The molecule has 1 aliphatic heterocycles. The molecular weight excluding hydrogens is 202 g/mol. The Morgan fingerprint density at radius 1 is 1.50 bits per heavy atom. The minimum atomic E-state index is -0.169. The van der Waals surface area contributed by atoms with E-state index in [1.165, 1.54) is 6.42 Å². The van der Waals surface area contributed by atoms with Crippen LogP contribution in [0.3, 0.4) is 0 Å². The Morgan fingerprint density at radius 3 is 3.06 bits per heavy atom. The monoisotopic (exact) mass is 225 g/mol. The van der Waals surface area contributed by atoms with Crippen LogP contribution in [-0.4, -0.2) is 36.8 Å². The van der Waals surface area contributed by atoms with E-state index in [9.17, 15) is 5.11 Å². The van der Waals surface area contributed by atoms with Gasteiger partial charge in [0.2, 0.25) is 0 Å². The number of aliphatic imine (C=N–C) groups is 1. The molecule has 2 rings (SSSR count). The lowest BCUT2D eigenvalue weighted by Gasteiger charge is -2.39. The highest BCUT2D eigenvalue weighted by Crippen LogP contribution is 2.35. The fraction of sp³-hybridized carbons (Fsp3) is 0.917. The summed E-state index contributed by atoms with van der Waals surface area (Å²) in [6.45, 7) is 4.91. The van der Waals surface area contributed by atoms with Crippen LogP contribution in [0, 0.1) is 5.41 Å². The molecule has 0 spiro atoms. The van der Waals surface area contributed by atoms with Crippen molar-refractivity contribution in [3.05, 3.63) is 0 Å². The average molecular weight is 225 g/mol. The van der Waals surface area contributed by atoms with Crippen LogP contribution in [0.5, 0.6) is 0 Å². The lowest BCUT2D eigenvalue weighted by atomic mass is 9.73. The molecule has 1 saturated carbocycles. The highest BCUT2D eigenvalue weighted by molar-refractivity contribution is 5.80. The normalized spacial score (nSPS) is 35.1. The fourth-order valence-corrected chi connectivity index (χ4v) is 2.52. The number of guanidine groups is 1. The van der Waals surface area contributed by atoms with Crippen molar-refractivity contribution in [2.45, 2.75) is 45.1 Å². The summed E-state index contributed by atoms with van der Waals surface area (Å²) < 4.78 is 0. The van der Waals surface area contributed by atoms with Crippen LogP contribution in [-0.2, 0) is 0 Å². The van der Waals surface area contributed by atoms with Crippen molar-refractivity contribution in [3.8, 4) is 0 Å². The topological polar surface area (TPSA) is 56.7 Å². The second kappa shape index (κ2) is 5.04. The number of hydrogen-bond donors (Lipinski definition) is 3. The largest absolute Gasteiger partial charge is 0.392 e. The minimum Gasteiger partial charge on any atom is -0.392 e. The van der Waals surface area contributed by atoms with Gasteiger partial charge in [0, 0.05) is 25.0 Å². The quantitative estimate of drug-likeness (QED) is 0.653. The summed E-state index contributed by atoms with van der Waals surface area (Å²) in [5, 5.41) is 16.6. The van der Waals surface area contributed by atoms with E-state index in [1.807, 2.05) is 0 Å². The van der Waals surface area contributed by atoms with Gasteiger partial charge in [-0.3, -0.25) is 4.99 Å². The second-order valence-corrected chi connectivity index (χ2v) is 5.28. The first-order valence-electron chi connectivity index (χ1n) is 6.41. The molecule has 4 nitrogen and oxygen atoms in total. The molecule has 92 valence electrons. The third-order valence-corrected chi connectivity index (χ3v) is 3.84. The van der Waals surface area contributed by atoms with Crippen LogP contribution in [0.4, 0.5) is 0 Å². The molecule has 0 aromatic rings. The Hall–Kier alpha value is -0.770. The van der Waals surface area contributed by atoms with Gasteiger partial charge in [-0.15, -0.1) is 0 Å². The van der Waals surface area contributed by atoms with E-state index in [-0.39, 0.29) is 11.5 Å². The molecule has 0 bridgehead atoms. The highest BCUT2D eigenvalue weighted by Gasteiger charge is 2.35. The third kappa shape index (κ3) is 2.67. The van der Waals surface area contributed by atoms with Crippen molar-refractivity contribution in [3.63, 3.8) is 0 Å². The summed E-state index contributed by atoms with van der Waals surface area (Å²) in [7, 11) is 0. The lowest BCUT2D eigenvalue weighted by molar-refractivity contribution is 0.00395. The Kier molecular flexibility index (Phi) is 3.69. The van der Waals surface area contributed by atoms with E-state index in [0.717, 1.165) is 51.3 Å². The first-order valence-corrected chi connectivity index (χ1v) is 6.41. The molecule has 0 radical (unpaired) electrons. The fourth-order valence-electron chi connectivity index (χ4n) is 2.52. The summed E-state index contributed by atoms with van der Waals surface area (Å²) in [6.07, 6.45) is 5.39. The summed E-state index contributed by atoms with van der Waals surface area (Å²) in [4.78, 5) is 4.38. The molecule has 4 heteroatoms. The molecule has 2 aliphatic rings. The molecular formula is C12H23N3O. The molecule has 0 aromatic carbocycles. The van der Waals surface area contributed by atoms with Crippen LogP contribution in [0.25, 0.3) is 0 Å². The Labute approximate surface area is 97.5 Å². The smallest absolute Gasteiger partial charge is 0.191 e. The van der Waals surface area contributed by atoms with Crippen LogP contribution < -0.4 is 10.6 Å². The van der Waals surface area contributed by atoms with E-state index < -0.39 is 0 Å². The molecule has 16 heavy (non-hydrogen) atoms. The van der Waals surface area contributed by atoms with Crippen molar-refractivity contribution in [1.29, 1.82) is 0 Å². The zero-order chi connectivity index (χ0) is 11.4. The van der Waals surface area contributed by atoms with Gasteiger partial charge in [-0.2, -0.15) is 0 Å². The van der Waals surface area contributed by atoms with Crippen molar-refractivity contribution in [1.82, 2.24) is 10.6 Å². The summed E-state index contributed by atoms with van der Waals surface area (Å²) in [5.41, 5.74) is 0.0138. The predicted molar refractivity (Wildman–Crippen MR) is 65.5 cm³/mol. The zero-order valence-corrected chi connectivity index (χ0v) is 10.1. The van der Waals surface area contributed by atoms with Crippen LogP contribution in [0.15, 0.2) is 4.99 Å². The molecule has 3 N–H and O–H groups in total. The molecule has 2 atom stereocenters. The minimum absolute atomic E-state index is 0.0138. The first-order chi connectivity index (χ1) is 7.71. The molecule has 1 aliphatic carbocycles. The van der Waals surface area contributed by atoms with E-state index in [2.05, 4.69) is 22.5 Å². The van der Waals surface area contributed by atoms with E-state index in [4.69, 9.17) is 0 Å². The Balaban J connectivity index is 1.85. The molecule has 1 fully saturated rings. The molecule has 0 saturated heterocycles. The standard InChI is InChI=1S/C12H23N3O/c1-12(6-3-2-5-10(12)16)9-15-11-13-7-4-8-14-11/h10,16H,2-9H2,1H3,(H2,13,14,15). The van der Waals surface area contributed by atoms with Gasteiger partial charge >= 0.3 is 0 Å². The third-order valence-electron chi connectivity index (χ3n) is 3.84. The van der Waals surface area contributed by atoms with Gasteiger partial charge < -0.3 is 15.7 Å². The summed E-state index contributed by atoms with van der Waals surface area (Å²) in [5.74, 6) is 0.908. The van der Waals surface area contributed by atoms with Gasteiger partial charge in [-0.05, 0) is 19.3 Å². The van der Waals surface area contributed by atoms with E-state index in [1.54, 1.807) is 0 Å². The van der Waals surface area contributed by atoms with Crippen molar-refractivity contribution in [2.24, 2.45) is 10.4 Å². The molecule has 1 heterocycles. The Morgan fingerprint density at radius 2 is 2.38 bits per heavy atom. The lowest BCUT2D eigenvalue weighted by Crippen LogP contribution is -2.49. The van der Waals surface area contributed by atoms with Crippen LogP contribution in [0.1, 0.15) is 39.0 Å². The Bertz CT molecular complexity index is 267. The zero-order valence-electron chi connectivity index (χ0n) is 10.1. The van der Waals surface area contributed by atoms with Gasteiger partial charge in [0.25, 0.3) is 0 Å². The summed E-state index contributed by atoms with van der Waals surface area (Å²) >= 11 is 0. The van der Waals surface area contributed by atoms with Crippen LogP contribution >= 0.6 is 0 Å². The predicted octanol–water partition coefficient (Wildman–Crippen LogP) is 0.866. The van der Waals surface area contributed by atoms with E-state index in [0.29, 0.717) is 0 Å². The maximum atomic E-state index is 10.1. The van der Waals surface area contributed by atoms with Crippen molar-refractivity contribution >= 4 is 5.96 Å². The van der Waals surface area contributed by atoms with Gasteiger partial charge in [0.05, 0.1) is 6.10 Å². The van der Waals surface area contributed by atoms with Gasteiger partial charge in [0.1, 0.15) is 0 Å². The summed E-state index contributed by atoms with van der Waals surface area (Å²) in [6, 6.07) is 0. The molecule has 2 unspecified atom stereocenters. The van der Waals surface area contributed by atoms with Crippen molar-refractivity contribution in [2.75, 3.05) is 19.6 Å². The van der Waals surface area contributed by atoms with Gasteiger partial charge in [0.15, 0.2) is 5.96 Å². The highest BCUT2D eigenvalue weighted by atomic mass is 16.3. The number of aliphatic hydroxyl groups excluding tert-OH is 1. The number of nitrogens with zero attached hydrogens (tertiary/aromatic N) is 1. The van der Waals surface area contributed by atoms with E-state index >= 15 is 0 Å². The number of aliphatic hydroxyl groups is 1. The first kappa shape index (κ1) is 11.7. The van der Waals surface area contributed by atoms with Gasteiger partial charge in [-0.1, -0.05) is 19.8 Å². The van der Waals surface area contributed by atoms with Gasteiger partial charge in [-0.25, -0.2) is 0 Å². The SMILES string of the molecule is CC1(CNC2=NCCCN2)CCCCC1O. The van der Waals surface area contributed by atoms with Crippen molar-refractivity contribution < 1.29 is 5.11 Å².